The van der Waals surface area contributed by atoms with Crippen molar-refractivity contribution >= 4 is 18.0 Å². The molecule has 0 spiro atoms. The number of hydrogen-bond acceptors (Lipinski definition) is 7. The van der Waals surface area contributed by atoms with Crippen molar-refractivity contribution in [3.05, 3.63) is 0 Å². The van der Waals surface area contributed by atoms with Crippen LogP contribution in [0.15, 0.2) is 0 Å². The van der Waals surface area contributed by atoms with Gasteiger partial charge in [0, 0.05) is 19.4 Å². The van der Waals surface area contributed by atoms with Gasteiger partial charge in [-0.05, 0) is 20.8 Å². The highest BCUT2D eigenvalue weighted by molar-refractivity contribution is 5.81. The number of aliphatic hydroxyl groups excluding tert-OH is 1. The van der Waals surface area contributed by atoms with Crippen LogP contribution in [0.25, 0.3) is 0 Å². The van der Waals surface area contributed by atoms with Gasteiger partial charge < -0.3 is 25.0 Å². The third-order valence-corrected chi connectivity index (χ3v) is 3.85. The van der Waals surface area contributed by atoms with Gasteiger partial charge in [-0.2, -0.15) is 0 Å². The van der Waals surface area contributed by atoms with Crippen molar-refractivity contribution < 1.29 is 34.1 Å². The van der Waals surface area contributed by atoms with Gasteiger partial charge in [0.15, 0.2) is 0 Å². The number of amides is 1. The van der Waals surface area contributed by atoms with Crippen molar-refractivity contribution in [2.45, 2.75) is 63.5 Å². The molecule has 0 aliphatic carbocycles. The van der Waals surface area contributed by atoms with E-state index in [-0.39, 0.29) is 19.4 Å². The second-order valence-corrected chi connectivity index (χ2v) is 7.13. The molecule has 3 N–H and O–H groups in total. The van der Waals surface area contributed by atoms with Crippen molar-refractivity contribution in [1.29, 1.82) is 0 Å². The molecule has 0 saturated carbocycles. The standard InChI is InChI=1S/C15H24N2O7/c1-15(2,3)24-14(22)17-7-9(5-11(17)12(19)20)23-13(21)10-4-8(18)6-16-10/h8-11,16,18H,4-7H2,1-3H3,(H,19,20)/t8?,9-,10+,11-/m0/s1. The Morgan fingerprint density at radius 3 is 2.38 bits per heavy atom. The first-order valence-corrected chi connectivity index (χ1v) is 7.91. The molecule has 2 aliphatic rings. The van der Waals surface area contributed by atoms with Crippen LogP contribution in [-0.2, 0) is 19.1 Å². The molecule has 0 bridgehead atoms. The molecule has 1 unspecified atom stereocenters. The van der Waals surface area contributed by atoms with Crippen LogP contribution < -0.4 is 5.32 Å². The fourth-order valence-corrected chi connectivity index (χ4v) is 2.78. The number of esters is 1. The van der Waals surface area contributed by atoms with E-state index in [9.17, 15) is 24.6 Å². The summed E-state index contributed by atoms with van der Waals surface area (Å²) in [4.78, 5) is 36.7. The number of aliphatic carboxylic acids is 1. The van der Waals surface area contributed by atoms with Crippen LogP contribution in [0.1, 0.15) is 33.6 Å². The Hall–Kier alpha value is -1.87. The van der Waals surface area contributed by atoms with Gasteiger partial charge in [-0.3, -0.25) is 9.69 Å². The quantitative estimate of drug-likeness (QED) is 0.597. The number of carboxylic acid groups (broad SMARTS) is 1. The first-order chi connectivity index (χ1) is 11.1. The van der Waals surface area contributed by atoms with E-state index in [0.717, 1.165) is 4.90 Å². The van der Waals surface area contributed by atoms with Gasteiger partial charge in [-0.1, -0.05) is 0 Å². The number of carbonyl (C=O) groups is 3. The normalized spacial score (nSPS) is 30.2. The Bertz CT molecular complexity index is 516. The van der Waals surface area contributed by atoms with Crippen molar-refractivity contribution in [1.82, 2.24) is 10.2 Å². The molecule has 1 amide bonds. The van der Waals surface area contributed by atoms with Crippen LogP contribution in [0.2, 0.25) is 0 Å². The van der Waals surface area contributed by atoms with E-state index in [1.165, 1.54) is 0 Å². The van der Waals surface area contributed by atoms with E-state index in [0.29, 0.717) is 6.54 Å². The van der Waals surface area contributed by atoms with Gasteiger partial charge in [0.25, 0.3) is 0 Å². The lowest BCUT2D eigenvalue weighted by Gasteiger charge is -2.26. The molecule has 2 rings (SSSR count). The highest BCUT2D eigenvalue weighted by Gasteiger charge is 2.44. The number of hydrogen-bond donors (Lipinski definition) is 3. The number of likely N-dealkylation sites (tertiary alicyclic amines) is 1. The molecule has 9 nitrogen and oxygen atoms in total. The summed E-state index contributed by atoms with van der Waals surface area (Å²) in [5.74, 6) is -1.72. The van der Waals surface area contributed by atoms with Gasteiger partial charge in [-0.25, -0.2) is 9.59 Å². The smallest absolute Gasteiger partial charge is 0.411 e. The first-order valence-electron chi connectivity index (χ1n) is 7.91. The Labute approximate surface area is 139 Å². The van der Waals surface area contributed by atoms with Gasteiger partial charge >= 0.3 is 18.0 Å². The van der Waals surface area contributed by atoms with Gasteiger partial charge in [-0.15, -0.1) is 0 Å². The molecule has 2 fully saturated rings. The second-order valence-electron chi connectivity index (χ2n) is 7.13. The third-order valence-electron chi connectivity index (χ3n) is 3.85. The maximum atomic E-state index is 12.2. The van der Waals surface area contributed by atoms with E-state index in [1.54, 1.807) is 20.8 Å². The summed E-state index contributed by atoms with van der Waals surface area (Å²) in [6, 6.07) is -1.71. The Balaban J connectivity index is 1.97. The van der Waals surface area contributed by atoms with Crippen molar-refractivity contribution in [2.75, 3.05) is 13.1 Å². The highest BCUT2D eigenvalue weighted by atomic mass is 16.6. The molecule has 9 heteroatoms. The van der Waals surface area contributed by atoms with Crippen molar-refractivity contribution in [3.63, 3.8) is 0 Å². The van der Waals surface area contributed by atoms with Gasteiger partial charge in [0.05, 0.1) is 12.6 Å². The molecule has 0 aromatic heterocycles. The number of aliphatic hydroxyl groups is 1. The monoisotopic (exact) mass is 344 g/mol. The summed E-state index contributed by atoms with van der Waals surface area (Å²) >= 11 is 0. The predicted molar refractivity (Wildman–Crippen MR) is 81.3 cm³/mol. The zero-order chi connectivity index (χ0) is 18.1. The number of rotatable bonds is 3. The summed E-state index contributed by atoms with van der Waals surface area (Å²) in [5.41, 5.74) is -0.751. The summed E-state index contributed by atoms with van der Waals surface area (Å²) in [6.07, 6.45) is -1.80. The van der Waals surface area contributed by atoms with Gasteiger partial charge in [0.1, 0.15) is 23.8 Å². The second kappa shape index (κ2) is 6.94. The van der Waals surface area contributed by atoms with Crippen LogP contribution in [0.5, 0.6) is 0 Å². The lowest BCUT2D eigenvalue weighted by molar-refractivity contribution is -0.151. The Kier molecular flexibility index (Phi) is 5.34. The van der Waals surface area contributed by atoms with Crippen LogP contribution >= 0.6 is 0 Å². The molecule has 136 valence electrons. The maximum Gasteiger partial charge on any atom is 0.411 e. The fourth-order valence-electron chi connectivity index (χ4n) is 2.78. The van der Waals surface area contributed by atoms with Crippen molar-refractivity contribution in [3.8, 4) is 0 Å². The number of carbonyl (C=O) groups excluding carboxylic acids is 2. The molecule has 2 aliphatic heterocycles. The number of nitrogens with zero attached hydrogens (tertiary/aromatic N) is 1. The van der Waals surface area contributed by atoms with E-state index in [1.807, 2.05) is 0 Å². The molecule has 4 atom stereocenters. The highest BCUT2D eigenvalue weighted by Crippen LogP contribution is 2.24. The molecule has 0 aromatic rings. The number of ether oxygens (including phenoxy) is 2. The number of carboxylic acids is 1. The average Bonchev–Trinajstić information content (AvgIpc) is 3.03. The molecule has 2 saturated heterocycles. The number of β-amino-alcohol motifs (C(OH)–C–C–N with tert-alkyl or cyclic N) is 1. The lowest BCUT2D eigenvalue weighted by Crippen LogP contribution is -2.43. The van der Waals surface area contributed by atoms with Crippen LogP contribution in [0, 0.1) is 0 Å². The molecule has 2 heterocycles. The molecular formula is C15H24N2O7. The van der Waals surface area contributed by atoms with Gasteiger partial charge in [0.2, 0.25) is 0 Å². The lowest BCUT2D eigenvalue weighted by atomic mass is 10.2. The van der Waals surface area contributed by atoms with Crippen LogP contribution in [0.4, 0.5) is 4.79 Å². The zero-order valence-electron chi connectivity index (χ0n) is 14.0. The van der Waals surface area contributed by atoms with E-state index >= 15 is 0 Å². The molecular weight excluding hydrogens is 320 g/mol. The predicted octanol–water partition coefficient (Wildman–Crippen LogP) is -0.285. The van der Waals surface area contributed by atoms with Crippen LogP contribution in [-0.4, -0.2) is 76.1 Å². The van der Waals surface area contributed by atoms with E-state index in [4.69, 9.17) is 9.47 Å². The average molecular weight is 344 g/mol. The Morgan fingerprint density at radius 1 is 1.21 bits per heavy atom. The van der Waals surface area contributed by atoms with Crippen molar-refractivity contribution in [2.24, 2.45) is 0 Å². The minimum Gasteiger partial charge on any atom is -0.480 e. The van der Waals surface area contributed by atoms with E-state index in [2.05, 4.69) is 5.32 Å². The SMILES string of the molecule is CC(C)(C)OC(=O)N1C[C@@H](OC(=O)[C@H]2CC(O)CN2)C[C@H]1C(=O)O. The summed E-state index contributed by atoms with van der Waals surface area (Å²) in [7, 11) is 0. The fraction of sp³-hybridized carbons (Fsp3) is 0.800. The minimum absolute atomic E-state index is 0.00951. The topological polar surface area (TPSA) is 125 Å². The molecule has 0 radical (unpaired) electrons. The molecule has 24 heavy (non-hydrogen) atoms. The zero-order valence-corrected chi connectivity index (χ0v) is 14.0. The largest absolute Gasteiger partial charge is 0.480 e. The number of nitrogens with one attached hydrogen (secondary N) is 1. The summed E-state index contributed by atoms with van der Waals surface area (Å²) in [5, 5.41) is 21.6. The maximum absolute atomic E-state index is 12.2. The summed E-state index contributed by atoms with van der Waals surface area (Å²) in [6.45, 7) is 5.33. The van der Waals surface area contributed by atoms with Crippen LogP contribution in [0.3, 0.4) is 0 Å². The molecule has 0 aromatic carbocycles. The first kappa shape index (κ1) is 18.5. The van der Waals surface area contributed by atoms with E-state index < -0.39 is 47.9 Å². The Morgan fingerprint density at radius 2 is 1.88 bits per heavy atom. The summed E-state index contributed by atoms with van der Waals surface area (Å²) < 4.78 is 10.5. The third kappa shape index (κ3) is 4.57. The minimum atomic E-state index is -1.17.